The van der Waals surface area contributed by atoms with Crippen molar-refractivity contribution in [3.05, 3.63) is 54.1 Å². The number of unbranched alkanes of at least 4 members (excludes halogenated alkanes) is 1. The summed E-state index contributed by atoms with van der Waals surface area (Å²) in [7, 11) is 1.63. The van der Waals surface area contributed by atoms with Gasteiger partial charge in [-0.3, -0.25) is 9.59 Å². The highest BCUT2D eigenvalue weighted by atomic mass is 16.5. The fourth-order valence-corrected chi connectivity index (χ4v) is 2.65. The summed E-state index contributed by atoms with van der Waals surface area (Å²) >= 11 is 0. The number of carbonyl (C=O) groups is 2. The van der Waals surface area contributed by atoms with Crippen molar-refractivity contribution in [2.24, 2.45) is 0 Å². The predicted octanol–water partition coefficient (Wildman–Crippen LogP) is 3.68. The fraction of sp³-hybridized carbons (Fsp3) is 0.391. The smallest absolute Gasteiger partial charge is 0.251 e. The number of hydrogen-bond acceptors (Lipinski definition) is 5. The van der Waals surface area contributed by atoms with Gasteiger partial charge in [-0.1, -0.05) is 19.4 Å². The zero-order valence-corrected chi connectivity index (χ0v) is 17.7. The number of hydrogen-bond donors (Lipinski definition) is 3. The molecule has 0 spiro atoms. The Morgan fingerprint density at radius 3 is 2.50 bits per heavy atom. The third-order valence-corrected chi connectivity index (χ3v) is 4.30. The Bertz CT molecular complexity index is 793. The molecule has 0 radical (unpaired) electrons. The van der Waals surface area contributed by atoms with E-state index in [0.29, 0.717) is 31.0 Å². The molecule has 0 aliphatic carbocycles. The van der Waals surface area contributed by atoms with E-state index in [-0.39, 0.29) is 18.4 Å². The Morgan fingerprint density at radius 1 is 0.967 bits per heavy atom. The van der Waals surface area contributed by atoms with Crippen LogP contribution in [0.4, 0.5) is 11.4 Å². The van der Waals surface area contributed by atoms with Crippen LogP contribution in [-0.2, 0) is 9.53 Å². The van der Waals surface area contributed by atoms with Crippen molar-refractivity contribution < 1.29 is 19.1 Å². The summed E-state index contributed by atoms with van der Waals surface area (Å²) in [4.78, 5) is 24.3. The second kappa shape index (κ2) is 13.2. The molecule has 2 rings (SSSR count). The number of methoxy groups -OCH3 is 1. The number of ether oxygens (including phenoxy) is 2. The van der Waals surface area contributed by atoms with Gasteiger partial charge in [0.1, 0.15) is 5.75 Å². The fourth-order valence-electron chi connectivity index (χ4n) is 2.65. The van der Waals surface area contributed by atoms with Gasteiger partial charge in [0.2, 0.25) is 5.91 Å². The maximum absolute atomic E-state index is 12.2. The highest BCUT2D eigenvalue weighted by Crippen LogP contribution is 2.18. The number of benzene rings is 2. The van der Waals surface area contributed by atoms with Crippen molar-refractivity contribution >= 4 is 23.2 Å². The Kier molecular flexibility index (Phi) is 10.2. The van der Waals surface area contributed by atoms with E-state index in [2.05, 4.69) is 22.9 Å². The molecule has 0 unspecified atom stereocenters. The first-order valence-corrected chi connectivity index (χ1v) is 10.3. The molecule has 0 saturated heterocycles. The van der Waals surface area contributed by atoms with Crippen LogP contribution in [0.15, 0.2) is 48.5 Å². The minimum absolute atomic E-state index is 0.115. The normalized spacial score (nSPS) is 10.3. The van der Waals surface area contributed by atoms with Gasteiger partial charge >= 0.3 is 0 Å². The molecular formula is C23H31N3O4. The Balaban J connectivity index is 1.76. The van der Waals surface area contributed by atoms with E-state index >= 15 is 0 Å². The molecule has 2 aromatic rings. The molecule has 162 valence electrons. The van der Waals surface area contributed by atoms with Gasteiger partial charge in [0.25, 0.3) is 5.91 Å². The first-order chi connectivity index (χ1) is 14.6. The molecule has 3 N–H and O–H groups in total. The highest BCUT2D eigenvalue weighted by Gasteiger charge is 2.06. The van der Waals surface area contributed by atoms with Gasteiger partial charge in [0, 0.05) is 43.3 Å². The third-order valence-electron chi connectivity index (χ3n) is 4.30. The Hall–Kier alpha value is -3.06. The zero-order valence-electron chi connectivity index (χ0n) is 17.7. The minimum atomic E-state index is -0.166. The average molecular weight is 414 g/mol. The van der Waals surface area contributed by atoms with Crippen LogP contribution >= 0.6 is 0 Å². The lowest BCUT2D eigenvalue weighted by molar-refractivity contribution is -0.114. The molecule has 2 aromatic carbocycles. The molecule has 0 heterocycles. The lowest BCUT2D eigenvalue weighted by Gasteiger charge is -2.10. The van der Waals surface area contributed by atoms with Crippen molar-refractivity contribution in [2.45, 2.75) is 26.2 Å². The first kappa shape index (κ1) is 23.2. The molecule has 7 heteroatoms. The molecule has 0 aliphatic heterocycles. The molecule has 30 heavy (non-hydrogen) atoms. The van der Waals surface area contributed by atoms with Gasteiger partial charge in [-0.25, -0.2) is 0 Å². The molecule has 7 nitrogen and oxygen atoms in total. The van der Waals surface area contributed by atoms with E-state index in [1.165, 1.54) is 0 Å². The van der Waals surface area contributed by atoms with Crippen molar-refractivity contribution in [3.8, 4) is 5.75 Å². The van der Waals surface area contributed by atoms with Crippen molar-refractivity contribution in [3.63, 3.8) is 0 Å². The molecule has 0 saturated carbocycles. The number of anilines is 2. The minimum Gasteiger partial charge on any atom is -0.494 e. The summed E-state index contributed by atoms with van der Waals surface area (Å²) in [5.41, 5.74) is 2.02. The van der Waals surface area contributed by atoms with Crippen LogP contribution in [0, 0.1) is 0 Å². The molecule has 0 aliphatic rings. The summed E-state index contributed by atoms with van der Waals surface area (Å²) in [5, 5.41) is 8.74. The number of nitrogens with one attached hydrogen (secondary N) is 3. The molecule has 0 bridgehead atoms. The SMILES string of the molecule is CCCCOc1cccc(NC(=O)CNc2ccc(C(=O)NCCCOC)cc2)c1. The van der Waals surface area contributed by atoms with E-state index < -0.39 is 0 Å². The van der Waals surface area contributed by atoms with Gasteiger partial charge in [-0.05, 0) is 49.2 Å². The summed E-state index contributed by atoms with van der Waals surface area (Å²) < 4.78 is 10.6. The van der Waals surface area contributed by atoms with E-state index in [4.69, 9.17) is 9.47 Å². The molecule has 0 fully saturated rings. The van der Waals surface area contributed by atoms with Crippen LogP contribution in [0.3, 0.4) is 0 Å². The lowest BCUT2D eigenvalue weighted by atomic mass is 10.2. The van der Waals surface area contributed by atoms with Crippen LogP contribution in [0.25, 0.3) is 0 Å². The predicted molar refractivity (Wildman–Crippen MR) is 119 cm³/mol. The topological polar surface area (TPSA) is 88.7 Å². The standard InChI is InChI=1S/C23H31N3O4/c1-3-4-15-30-21-8-5-7-20(16-21)26-22(27)17-25-19-11-9-18(10-12-19)23(28)24-13-6-14-29-2/h5,7-12,16,25H,3-4,6,13-15,17H2,1-2H3,(H,24,28)(H,26,27). The zero-order chi connectivity index (χ0) is 21.6. The Morgan fingerprint density at radius 2 is 1.77 bits per heavy atom. The van der Waals surface area contributed by atoms with Gasteiger partial charge in [-0.2, -0.15) is 0 Å². The van der Waals surface area contributed by atoms with E-state index in [1.807, 2.05) is 24.3 Å². The van der Waals surface area contributed by atoms with Gasteiger partial charge < -0.3 is 25.4 Å². The molecular weight excluding hydrogens is 382 g/mol. The maximum Gasteiger partial charge on any atom is 0.251 e. The van der Waals surface area contributed by atoms with Crippen molar-refractivity contribution in [1.82, 2.24) is 5.32 Å². The van der Waals surface area contributed by atoms with Gasteiger partial charge in [0.05, 0.1) is 13.2 Å². The first-order valence-electron chi connectivity index (χ1n) is 10.3. The van der Waals surface area contributed by atoms with Crippen LogP contribution in [0.1, 0.15) is 36.5 Å². The summed E-state index contributed by atoms with van der Waals surface area (Å²) in [5.74, 6) is 0.447. The second-order valence-corrected chi connectivity index (χ2v) is 6.81. The Labute approximate surface area is 178 Å². The number of amides is 2. The summed E-state index contributed by atoms with van der Waals surface area (Å²) in [6, 6.07) is 14.4. The third kappa shape index (κ3) is 8.53. The molecule has 0 aromatic heterocycles. The molecule has 0 atom stereocenters. The summed E-state index contributed by atoms with van der Waals surface area (Å²) in [6.45, 7) is 4.07. The monoisotopic (exact) mass is 413 g/mol. The highest BCUT2D eigenvalue weighted by molar-refractivity contribution is 5.95. The quantitative estimate of drug-likeness (QED) is 0.436. The van der Waals surface area contributed by atoms with Gasteiger partial charge in [-0.15, -0.1) is 0 Å². The van der Waals surface area contributed by atoms with Crippen LogP contribution in [0.2, 0.25) is 0 Å². The van der Waals surface area contributed by atoms with Crippen LogP contribution < -0.4 is 20.7 Å². The maximum atomic E-state index is 12.2. The van der Waals surface area contributed by atoms with Gasteiger partial charge in [0.15, 0.2) is 0 Å². The number of carbonyl (C=O) groups excluding carboxylic acids is 2. The number of rotatable bonds is 13. The van der Waals surface area contributed by atoms with E-state index in [9.17, 15) is 9.59 Å². The largest absolute Gasteiger partial charge is 0.494 e. The van der Waals surface area contributed by atoms with Crippen LogP contribution in [0.5, 0.6) is 5.75 Å². The van der Waals surface area contributed by atoms with Crippen molar-refractivity contribution in [2.75, 3.05) is 44.0 Å². The van der Waals surface area contributed by atoms with E-state index in [0.717, 1.165) is 30.7 Å². The second-order valence-electron chi connectivity index (χ2n) is 6.81. The average Bonchev–Trinajstić information content (AvgIpc) is 2.76. The van der Waals surface area contributed by atoms with Crippen molar-refractivity contribution in [1.29, 1.82) is 0 Å². The lowest BCUT2D eigenvalue weighted by Crippen LogP contribution is -2.25. The molecule has 2 amide bonds. The summed E-state index contributed by atoms with van der Waals surface area (Å²) in [6.07, 6.45) is 2.83. The van der Waals surface area contributed by atoms with E-state index in [1.54, 1.807) is 31.4 Å². The van der Waals surface area contributed by atoms with Crippen LogP contribution in [-0.4, -0.2) is 45.2 Å².